The molecule has 0 aliphatic heterocycles. The standard InChI is InChI=1S/C15H24N2O2/c1-11(2)14(10-18)17-15(19)9-8-13(16)12-6-4-3-5-7-12/h3-7,11,13-14,18H,8-10,16H2,1-2H3,(H,17,19). The van der Waals surface area contributed by atoms with Crippen molar-refractivity contribution in [2.45, 2.75) is 38.8 Å². The summed E-state index contributed by atoms with van der Waals surface area (Å²) in [6.45, 7) is 3.90. The Labute approximate surface area is 115 Å². The third-order valence-corrected chi connectivity index (χ3v) is 3.26. The Bertz CT molecular complexity index is 379. The quantitative estimate of drug-likeness (QED) is 0.700. The van der Waals surface area contributed by atoms with Crippen LogP contribution in [0.2, 0.25) is 0 Å². The van der Waals surface area contributed by atoms with E-state index in [1.807, 2.05) is 44.2 Å². The zero-order valence-electron chi connectivity index (χ0n) is 11.7. The van der Waals surface area contributed by atoms with E-state index in [4.69, 9.17) is 10.8 Å². The number of benzene rings is 1. The average Bonchev–Trinajstić information content (AvgIpc) is 2.42. The largest absolute Gasteiger partial charge is 0.394 e. The minimum Gasteiger partial charge on any atom is -0.394 e. The van der Waals surface area contributed by atoms with E-state index in [9.17, 15) is 4.79 Å². The van der Waals surface area contributed by atoms with Crippen molar-refractivity contribution in [3.05, 3.63) is 35.9 Å². The number of amides is 1. The summed E-state index contributed by atoms with van der Waals surface area (Å²) in [4.78, 5) is 11.8. The summed E-state index contributed by atoms with van der Waals surface area (Å²) < 4.78 is 0. The van der Waals surface area contributed by atoms with E-state index in [0.717, 1.165) is 5.56 Å². The number of nitrogens with one attached hydrogen (secondary N) is 1. The Balaban J connectivity index is 2.38. The first kappa shape index (κ1) is 15.7. The smallest absolute Gasteiger partial charge is 0.220 e. The highest BCUT2D eigenvalue weighted by molar-refractivity contribution is 5.76. The number of rotatable bonds is 7. The summed E-state index contributed by atoms with van der Waals surface area (Å²) in [6, 6.07) is 9.45. The van der Waals surface area contributed by atoms with Gasteiger partial charge in [0.1, 0.15) is 0 Å². The van der Waals surface area contributed by atoms with Crippen molar-refractivity contribution < 1.29 is 9.90 Å². The molecule has 0 radical (unpaired) electrons. The van der Waals surface area contributed by atoms with E-state index in [-0.39, 0.29) is 30.5 Å². The summed E-state index contributed by atoms with van der Waals surface area (Å²) in [5.41, 5.74) is 7.08. The molecular formula is C15H24N2O2. The van der Waals surface area contributed by atoms with Crippen molar-refractivity contribution in [2.24, 2.45) is 11.7 Å². The molecule has 106 valence electrons. The number of hydrogen-bond donors (Lipinski definition) is 3. The van der Waals surface area contributed by atoms with Crippen LogP contribution >= 0.6 is 0 Å². The highest BCUT2D eigenvalue weighted by atomic mass is 16.3. The van der Waals surface area contributed by atoms with Crippen LogP contribution < -0.4 is 11.1 Å². The number of aliphatic hydroxyl groups is 1. The molecular weight excluding hydrogens is 240 g/mol. The van der Waals surface area contributed by atoms with Gasteiger partial charge in [-0.15, -0.1) is 0 Å². The predicted octanol–water partition coefficient (Wildman–Crippen LogP) is 1.60. The molecule has 19 heavy (non-hydrogen) atoms. The van der Waals surface area contributed by atoms with Crippen molar-refractivity contribution in [3.63, 3.8) is 0 Å². The van der Waals surface area contributed by atoms with Gasteiger partial charge in [0.15, 0.2) is 0 Å². The molecule has 1 aromatic carbocycles. The second kappa shape index (κ2) is 7.92. The molecule has 0 aromatic heterocycles. The molecule has 0 bridgehead atoms. The van der Waals surface area contributed by atoms with Gasteiger partial charge in [-0.1, -0.05) is 44.2 Å². The third-order valence-electron chi connectivity index (χ3n) is 3.26. The number of carbonyl (C=O) groups is 1. The zero-order valence-corrected chi connectivity index (χ0v) is 11.7. The van der Waals surface area contributed by atoms with Gasteiger partial charge in [-0.2, -0.15) is 0 Å². The lowest BCUT2D eigenvalue weighted by Gasteiger charge is -2.20. The molecule has 1 rings (SSSR count). The maximum absolute atomic E-state index is 11.8. The fourth-order valence-electron chi connectivity index (χ4n) is 1.86. The maximum atomic E-state index is 11.8. The van der Waals surface area contributed by atoms with Crippen LogP contribution in [0.3, 0.4) is 0 Å². The van der Waals surface area contributed by atoms with Gasteiger partial charge in [0.2, 0.25) is 5.91 Å². The van der Waals surface area contributed by atoms with Crippen molar-refractivity contribution >= 4 is 5.91 Å². The predicted molar refractivity (Wildman–Crippen MR) is 76.5 cm³/mol. The number of aliphatic hydroxyl groups excluding tert-OH is 1. The summed E-state index contributed by atoms with van der Waals surface area (Å²) >= 11 is 0. The minimum atomic E-state index is -0.180. The van der Waals surface area contributed by atoms with E-state index in [1.54, 1.807) is 0 Å². The number of hydrogen-bond acceptors (Lipinski definition) is 3. The Hall–Kier alpha value is -1.39. The Kier molecular flexibility index (Phi) is 6.53. The Morgan fingerprint density at radius 1 is 1.32 bits per heavy atom. The molecule has 4 heteroatoms. The van der Waals surface area contributed by atoms with Gasteiger partial charge in [0.25, 0.3) is 0 Å². The topological polar surface area (TPSA) is 75.3 Å². The molecule has 0 fully saturated rings. The summed E-state index contributed by atoms with van der Waals surface area (Å²) in [6.07, 6.45) is 0.978. The first-order valence-electron chi connectivity index (χ1n) is 6.75. The van der Waals surface area contributed by atoms with E-state index in [0.29, 0.717) is 12.8 Å². The van der Waals surface area contributed by atoms with E-state index in [2.05, 4.69) is 5.32 Å². The molecule has 0 aliphatic rings. The fraction of sp³-hybridized carbons (Fsp3) is 0.533. The molecule has 4 nitrogen and oxygen atoms in total. The van der Waals surface area contributed by atoms with Gasteiger partial charge < -0.3 is 16.2 Å². The highest BCUT2D eigenvalue weighted by Crippen LogP contribution is 2.15. The van der Waals surface area contributed by atoms with E-state index in [1.165, 1.54) is 0 Å². The van der Waals surface area contributed by atoms with Crippen LogP contribution in [0.15, 0.2) is 30.3 Å². The normalized spacial score (nSPS) is 14.2. The molecule has 2 unspecified atom stereocenters. The van der Waals surface area contributed by atoms with Crippen molar-refractivity contribution in [2.75, 3.05) is 6.61 Å². The molecule has 0 spiro atoms. The van der Waals surface area contributed by atoms with Crippen molar-refractivity contribution in [3.8, 4) is 0 Å². The van der Waals surface area contributed by atoms with Crippen LogP contribution in [0.1, 0.15) is 38.3 Å². The average molecular weight is 264 g/mol. The van der Waals surface area contributed by atoms with E-state index >= 15 is 0 Å². The lowest BCUT2D eigenvalue weighted by atomic mass is 10.0. The molecule has 0 saturated heterocycles. The first-order valence-corrected chi connectivity index (χ1v) is 6.75. The zero-order chi connectivity index (χ0) is 14.3. The van der Waals surface area contributed by atoms with Gasteiger partial charge in [0, 0.05) is 12.5 Å². The summed E-state index contributed by atoms with van der Waals surface area (Å²) in [7, 11) is 0. The van der Waals surface area contributed by atoms with Crippen LogP contribution in [0, 0.1) is 5.92 Å². The van der Waals surface area contributed by atoms with Crippen LogP contribution in [0.5, 0.6) is 0 Å². The van der Waals surface area contributed by atoms with Crippen LogP contribution in [-0.2, 0) is 4.79 Å². The number of carbonyl (C=O) groups excluding carboxylic acids is 1. The fourth-order valence-corrected chi connectivity index (χ4v) is 1.86. The van der Waals surface area contributed by atoms with Gasteiger partial charge in [-0.05, 0) is 17.9 Å². The van der Waals surface area contributed by atoms with E-state index < -0.39 is 0 Å². The summed E-state index contributed by atoms with van der Waals surface area (Å²) in [5, 5.41) is 12.0. The van der Waals surface area contributed by atoms with Gasteiger partial charge in [-0.3, -0.25) is 4.79 Å². The monoisotopic (exact) mass is 264 g/mol. The first-order chi connectivity index (χ1) is 9.04. The van der Waals surface area contributed by atoms with Crippen molar-refractivity contribution in [1.29, 1.82) is 0 Å². The molecule has 2 atom stereocenters. The number of nitrogens with two attached hydrogens (primary N) is 1. The molecule has 4 N–H and O–H groups in total. The lowest BCUT2D eigenvalue weighted by molar-refractivity contribution is -0.122. The molecule has 0 saturated carbocycles. The van der Waals surface area contributed by atoms with Gasteiger partial charge >= 0.3 is 0 Å². The molecule has 0 aliphatic carbocycles. The Morgan fingerprint density at radius 3 is 2.47 bits per heavy atom. The van der Waals surface area contributed by atoms with Crippen LogP contribution in [-0.4, -0.2) is 23.7 Å². The minimum absolute atomic E-state index is 0.0336. The lowest BCUT2D eigenvalue weighted by Crippen LogP contribution is -2.41. The highest BCUT2D eigenvalue weighted by Gasteiger charge is 2.15. The second-order valence-electron chi connectivity index (χ2n) is 5.16. The molecule has 0 heterocycles. The maximum Gasteiger partial charge on any atom is 0.220 e. The van der Waals surface area contributed by atoms with Crippen LogP contribution in [0.4, 0.5) is 0 Å². The van der Waals surface area contributed by atoms with Crippen LogP contribution in [0.25, 0.3) is 0 Å². The second-order valence-corrected chi connectivity index (χ2v) is 5.16. The Morgan fingerprint density at radius 2 is 1.95 bits per heavy atom. The SMILES string of the molecule is CC(C)C(CO)NC(=O)CCC(N)c1ccccc1. The van der Waals surface area contributed by atoms with Crippen molar-refractivity contribution in [1.82, 2.24) is 5.32 Å². The summed E-state index contributed by atoms with van der Waals surface area (Å²) in [5.74, 6) is 0.163. The van der Waals surface area contributed by atoms with Gasteiger partial charge in [0.05, 0.1) is 12.6 Å². The molecule has 1 amide bonds. The third kappa shape index (κ3) is 5.41. The van der Waals surface area contributed by atoms with Gasteiger partial charge in [-0.25, -0.2) is 0 Å². The molecule has 1 aromatic rings.